The van der Waals surface area contributed by atoms with Gasteiger partial charge in [-0.05, 0) is 12.5 Å². The van der Waals surface area contributed by atoms with Crippen molar-refractivity contribution in [1.82, 2.24) is 10.2 Å². The Bertz CT molecular complexity index is 193. The second kappa shape index (κ2) is 3.15. The molecule has 0 spiro atoms. The monoisotopic (exact) mass is 138 g/mol. The molecule has 3 nitrogen and oxygen atoms in total. The highest BCUT2D eigenvalue weighted by atomic mass is 16.1. The van der Waals surface area contributed by atoms with Crippen LogP contribution in [0.2, 0.25) is 0 Å². The van der Waals surface area contributed by atoms with E-state index in [4.69, 9.17) is 0 Å². The van der Waals surface area contributed by atoms with E-state index in [1.807, 2.05) is 13.0 Å². The van der Waals surface area contributed by atoms with Crippen molar-refractivity contribution < 1.29 is 4.79 Å². The molecule has 0 bridgehead atoms. The van der Waals surface area contributed by atoms with Crippen molar-refractivity contribution in [3.8, 4) is 0 Å². The maximum absolute atomic E-state index is 10.4. The molecule has 1 N–H and O–H groups in total. The molecule has 1 atom stereocenters. The molecule has 3 heteroatoms. The van der Waals surface area contributed by atoms with E-state index in [0.717, 1.165) is 18.4 Å². The minimum absolute atomic E-state index is 0.0116. The van der Waals surface area contributed by atoms with Gasteiger partial charge < -0.3 is 4.79 Å². The normalized spacial score (nSPS) is 12.9. The Morgan fingerprint density at radius 3 is 3.10 bits per heavy atom. The predicted molar refractivity (Wildman–Crippen MR) is 37.7 cm³/mol. The van der Waals surface area contributed by atoms with Gasteiger partial charge in [-0.3, -0.25) is 5.10 Å². The van der Waals surface area contributed by atoms with E-state index in [2.05, 4.69) is 10.2 Å². The van der Waals surface area contributed by atoms with Crippen LogP contribution in [-0.4, -0.2) is 16.5 Å². The van der Waals surface area contributed by atoms with E-state index in [-0.39, 0.29) is 5.92 Å². The molecule has 0 radical (unpaired) electrons. The predicted octanol–water partition coefficient (Wildman–Crippen LogP) is 1.10. The summed E-state index contributed by atoms with van der Waals surface area (Å²) in [6.07, 6.45) is 3.42. The van der Waals surface area contributed by atoms with Crippen molar-refractivity contribution in [2.24, 2.45) is 0 Å². The Balaban J connectivity index is 2.73. The van der Waals surface area contributed by atoms with Gasteiger partial charge in [-0.2, -0.15) is 5.10 Å². The van der Waals surface area contributed by atoms with Crippen molar-refractivity contribution in [3.63, 3.8) is 0 Å². The van der Waals surface area contributed by atoms with Gasteiger partial charge in [0.2, 0.25) is 0 Å². The molecular weight excluding hydrogens is 128 g/mol. The molecule has 0 aliphatic carbocycles. The first-order valence-corrected chi connectivity index (χ1v) is 3.33. The quantitative estimate of drug-likeness (QED) is 0.636. The maximum atomic E-state index is 10.4. The molecule has 0 amide bonds. The Labute approximate surface area is 59.4 Å². The summed E-state index contributed by atoms with van der Waals surface area (Å²) in [6.45, 7) is 1.97. The Morgan fingerprint density at radius 2 is 2.70 bits per heavy atom. The van der Waals surface area contributed by atoms with Crippen molar-refractivity contribution in [2.45, 2.75) is 19.3 Å². The third-order valence-electron chi connectivity index (χ3n) is 1.53. The lowest BCUT2D eigenvalue weighted by molar-refractivity contribution is -0.109. The van der Waals surface area contributed by atoms with Crippen molar-refractivity contribution in [2.75, 3.05) is 0 Å². The summed E-state index contributed by atoms with van der Waals surface area (Å²) in [5.41, 5.74) is 0.900. The van der Waals surface area contributed by atoms with Crippen LogP contribution in [0.3, 0.4) is 0 Å². The Hall–Kier alpha value is -1.12. The van der Waals surface area contributed by atoms with Crippen molar-refractivity contribution >= 4 is 6.29 Å². The fourth-order valence-corrected chi connectivity index (χ4v) is 0.863. The van der Waals surface area contributed by atoms with E-state index in [1.165, 1.54) is 0 Å². The molecule has 1 heterocycles. The van der Waals surface area contributed by atoms with Gasteiger partial charge in [-0.25, -0.2) is 0 Å². The number of carbonyl (C=O) groups excluding carboxylic acids is 1. The standard InChI is InChI=1S/C7H10N2O/c1-2-6(5-10)7-3-4-8-9-7/h3-6H,2H2,1H3,(H,8,9). The van der Waals surface area contributed by atoms with E-state index < -0.39 is 0 Å². The molecule has 0 saturated carbocycles. The highest BCUT2D eigenvalue weighted by molar-refractivity contribution is 5.60. The molecule has 1 aromatic heterocycles. The molecular formula is C7H10N2O. The van der Waals surface area contributed by atoms with Gasteiger partial charge in [0, 0.05) is 11.9 Å². The lowest BCUT2D eigenvalue weighted by Crippen LogP contribution is -1.98. The van der Waals surface area contributed by atoms with Crippen LogP contribution in [-0.2, 0) is 4.79 Å². The fraction of sp³-hybridized carbons (Fsp3) is 0.429. The van der Waals surface area contributed by atoms with Gasteiger partial charge in [-0.15, -0.1) is 0 Å². The van der Waals surface area contributed by atoms with Gasteiger partial charge in [-0.1, -0.05) is 6.92 Å². The van der Waals surface area contributed by atoms with E-state index in [1.54, 1.807) is 6.20 Å². The summed E-state index contributed by atoms with van der Waals surface area (Å²) in [7, 11) is 0. The number of aldehydes is 1. The Morgan fingerprint density at radius 1 is 1.90 bits per heavy atom. The minimum Gasteiger partial charge on any atom is -0.303 e. The molecule has 0 aromatic carbocycles. The highest BCUT2D eigenvalue weighted by Crippen LogP contribution is 2.12. The zero-order chi connectivity index (χ0) is 7.40. The second-order valence-electron chi connectivity index (χ2n) is 2.16. The summed E-state index contributed by atoms with van der Waals surface area (Å²) in [6, 6.07) is 1.82. The lowest BCUT2D eigenvalue weighted by atomic mass is 10.1. The summed E-state index contributed by atoms with van der Waals surface area (Å²) in [5.74, 6) is -0.0116. The third kappa shape index (κ3) is 1.23. The Kier molecular flexibility index (Phi) is 2.20. The molecule has 10 heavy (non-hydrogen) atoms. The number of nitrogens with one attached hydrogen (secondary N) is 1. The van der Waals surface area contributed by atoms with Crippen LogP contribution in [0.1, 0.15) is 25.0 Å². The number of hydrogen-bond donors (Lipinski definition) is 1. The average Bonchev–Trinajstić information content (AvgIpc) is 2.43. The first kappa shape index (κ1) is 6.99. The largest absolute Gasteiger partial charge is 0.303 e. The lowest BCUT2D eigenvalue weighted by Gasteiger charge is -2.00. The average molecular weight is 138 g/mol. The highest BCUT2D eigenvalue weighted by Gasteiger charge is 2.07. The topological polar surface area (TPSA) is 45.8 Å². The number of nitrogens with zero attached hydrogens (tertiary/aromatic N) is 1. The van der Waals surface area contributed by atoms with Crippen LogP contribution < -0.4 is 0 Å². The minimum atomic E-state index is -0.0116. The molecule has 0 aliphatic rings. The maximum Gasteiger partial charge on any atom is 0.128 e. The van der Waals surface area contributed by atoms with Crippen LogP contribution in [0.15, 0.2) is 12.3 Å². The van der Waals surface area contributed by atoms with Crippen LogP contribution in [0.4, 0.5) is 0 Å². The molecule has 54 valence electrons. The van der Waals surface area contributed by atoms with E-state index >= 15 is 0 Å². The molecule has 0 fully saturated rings. The first-order chi connectivity index (χ1) is 4.88. The number of rotatable bonds is 3. The third-order valence-corrected chi connectivity index (χ3v) is 1.53. The summed E-state index contributed by atoms with van der Waals surface area (Å²) in [5, 5.41) is 6.51. The summed E-state index contributed by atoms with van der Waals surface area (Å²) < 4.78 is 0. The second-order valence-corrected chi connectivity index (χ2v) is 2.16. The number of hydrogen-bond acceptors (Lipinski definition) is 2. The fourth-order valence-electron chi connectivity index (χ4n) is 0.863. The van der Waals surface area contributed by atoms with Crippen molar-refractivity contribution in [1.29, 1.82) is 0 Å². The number of carbonyl (C=O) groups is 1. The molecule has 1 unspecified atom stereocenters. The van der Waals surface area contributed by atoms with Gasteiger partial charge in [0.15, 0.2) is 0 Å². The van der Waals surface area contributed by atoms with Crippen LogP contribution in [0.5, 0.6) is 0 Å². The molecule has 1 aromatic rings. The van der Waals surface area contributed by atoms with Crippen LogP contribution >= 0.6 is 0 Å². The zero-order valence-electron chi connectivity index (χ0n) is 5.87. The number of aromatic amines is 1. The van der Waals surface area contributed by atoms with Gasteiger partial charge in [0.1, 0.15) is 6.29 Å². The summed E-state index contributed by atoms with van der Waals surface area (Å²) >= 11 is 0. The molecule has 0 aliphatic heterocycles. The van der Waals surface area contributed by atoms with Gasteiger partial charge in [0.05, 0.1) is 5.92 Å². The summed E-state index contributed by atoms with van der Waals surface area (Å²) in [4.78, 5) is 10.4. The zero-order valence-corrected chi connectivity index (χ0v) is 5.87. The SMILES string of the molecule is CCC(C=O)c1ccn[nH]1. The van der Waals surface area contributed by atoms with E-state index in [9.17, 15) is 4.79 Å². The molecule has 0 saturated heterocycles. The van der Waals surface area contributed by atoms with Crippen molar-refractivity contribution in [3.05, 3.63) is 18.0 Å². The molecule has 1 rings (SSSR count). The smallest absolute Gasteiger partial charge is 0.128 e. The van der Waals surface area contributed by atoms with Gasteiger partial charge in [0.25, 0.3) is 0 Å². The van der Waals surface area contributed by atoms with Crippen LogP contribution in [0.25, 0.3) is 0 Å². The first-order valence-electron chi connectivity index (χ1n) is 3.33. The number of H-pyrrole nitrogens is 1. The van der Waals surface area contributed by atoms with E-state index in [0.29, 0.717) is 0 Å². The van der Waals surface area contributed by atoms with Gasteiger partial charge >= 0.3 is 0 Å². The van der Waals surface area contributed by atoms with Crippen LogP contribution in [0, 0.1) is 0 Å². The number of aromatic nitrogens is 2.